The number of hydrogen-bond acceptors (Lipinski definition) is 2. The summed E-state index contributed by atoms with van der Waals surface area (Å²) in [7, 11) is 0. The van der Waals surface area contributed by atoms with E-state index in [1.165, 1.54) is 21.9 Å². The Balaban J connectivity index is 1.17. The van der Waals surface area contributed by atoms with Crippen molar-refractivity contribution in [3.63, 3.8) is 0 Å². The van der Waals surface area contributed by atoms with Gasteiger partial charge in [-0.2, -0.15) is 0 Å². The molecule has 6 nitrogen and oxygen atoms in total. The van der Waals surface area contributed by atoms with Gasteiger partial charge in [0.25, 0.3) is 11.8 Å². The standard InChI is InChI=1S/C24H23FN4O2/c25-18-7-9-19(10-8-18)26-22(30)15-27-11-13-28(14-12-27)16-29-21-6-2-4-17-3-1-5-20(23(17)21)24(29)31/h1-10H,11-16H2,(H,26,30)/p+2. The van der Waals surface area contributed by atoms with E-state index in [0.717, 1.165) is 48.2 Å². The Bertz CT molecular complexity index is 1130. The normalized spacial score (nSPS) is 20.3. The third kappa shape index (κ3) is 3.89. The fourth-order valence-electron chi connectivity index (χ4n) is 4.62. The third-order valence-electron chi connectivity index (χ3n) is 6.23. The molecule has 0 saturated carbocycles. The number of carbonyl (C=O) groups is 2. The summed E-state index contributed by atoms with van der Waals surface area (Å²) in [5, 5.41) is 4.98. The SMILES string of the molecule is O=C(C[NH+]1CC[NH+](CN2C(=O)c3cccc4cccc2c34)CC1)Nc1ccc(F)cc1. The molecule has 2 amide bonds. The van der Waals surface area contributed by atoms with E-state index in [9.17, 15) is 14.0 Å². The van der Waals surface area contributed by atoms with Crippen LogP contribution >= 0.6 is 0 Å². The van der Waals surface area contributed by atoms with Gasteiger partial charge < -0.3 is 15.1 Å². The zero-order chi connectivity index (χ0) is 21.4. The van der Waals surface area contributed by atoms with E-state index in [4.69, 9.17) is 0 Å². The van der Waals surface area contributed by atoms with Crippen molar-refractivity contribution in [1.82, 2.24) is 0 Å². The Hall–Kier alpha value is -3.29. The molecule has 0 aliphatic carbocycles. The van der Waals surface area contributed by atoms with Crippen molar-refractivity contribution in [2.24, 2.45) is 0 Å². The second-order valence-corrected chi connectivity index (χ2v) is 8.30. The molecule has 0 aromatic heterocycles. The molecule has 2 aliphatic heterocycles. The topological polar surface area (TPSA) is 58.3 Å². The van der Waals surface area contributed by atoms with Crippen molar-refractivity contribution >= 4 is 34.0 Å². The van der Waals surface area contributed by atoms with Crippen molar-refractivity contribution in [2.75, 3.05) is 49.6 Å². The van der Waals surface area contributed by atoms with E-state index in [1.807, 2.05) is 41.3 Å². The van der Waals surface area contributed by atoms with Crippen molar-refractivity contribution in [1.29, 1.82) is 0 Å². The quantitative estimate of drug-likeness (QED) is 0.557. The maximum absolute atomic E-state index is 13.0. The number of quaternary nitrogens is 2. The van der Waals surface area contributed by atoms with Gasteiger partial charge in [-0.05, 0) is 41.8 Å². The van der Waals surface area contributed by atoms with Gasteiger partial charge in [0, 0.05) is 11.1 Å². The molecule has 1 saturated heterocycles. The highest BCUT2D eigenvalue weighted by Crippen LogP contribution is 2.36. The lowest BCUT2D eigenvalue weighted by molar-refractivity contribution is -1.01. The summed E-state index contributed by atoms with van der Waals surface area (Å²) in [6.45, 7) is 4.56. The maximum Gasteiger partial charge on any atom is 0.279 e. The Morgan fingerprint density at radius 1 is 0.935 bits per heavy atom. The minimum absolute atomic E-state index is 0.0677. The molecule has 2 heterocycles. The van der Waals surface area contributed by atoms with Gasteiger partial charge in [0.1, 0.15) is 32.0 Å². The predicted octanol–water partition coefficient (Wildman–Crippen LogP) is 0.319. The van der Waals surface area contributed by atoms with Crippen molar-refractivity contribution in [3.05, 3.63) is 72.0 Å². The minimum atomic E-state index is -0.321. The first kappa shape index (κ1) is 19.7. The average Bonchev–Trinajstić information content (AvgIpc) is 3.05. The number of anilines is 2. The molecule has 3 N–H and O–H groups in total. The van der Waals surface area contributed by atoms with Gasteiger partial charge in [0.2, 0.25) is 0 Å². The summed E-state index contributed by atoms with van der Waals surface area (Å²) >= 11 is 0. The summed E-state index contributed by atoms with van der Waals surface area (Å²) < 4.78 is 13.0. The summed E-state index contributed by atoms with van der Waals surface area (Å²) in [4.78, 5) is 29.8. The van der Waals surface area contributed by atoms with Crippen LogP contribution in [0.4, 0.5) is 15.8 Å². The van der Waals surface area contributed by atoms with Gasteiger partial charge in [-0.25, -0.2) is 4.39 Å². The van der Waals surface area contributed by atoms with Crippen LogP contribution in [-0.2, 0) is 4.79 Å². The van der Waals surface area contributed by atoms with Gasteiger partial charge in [-0.1, -0.05) is 24.3 Å². The van der Waals surface area contributed by atoms with E-state index >= 15 is 0 Å². The van der Waals surface area contributed by atoms with Crippen LogP contribution in [0, 0.1) is 5.82 Å². The Morgan fingerprint density at radius 3 is 2.35 bits per heavy atom. The zero-order valence-corrected chi connectivity index (χ0v) is 17.2. The van der Waals surface area contributed by atoms with E-state index < -0.39 is 0 Å². The predicted molar refractivity (Wildman–Crippen MR) is 117 cm³/mol. The monoisotopic (exact) mass is 420 g/mol. The number of nitrogens with zero attached hydrogens (tertiary/aromatic N) is 1. The number of hydrogen-bond donors (Lipinski definition) is 3. The summed E-state index contributed by atoms with van der Waals surface area (Å²) in [5.74, 6) is -0.312. The fraction of sp³-hybridized carbons (Fsp3) is 0.250. The number of benzene rings is 3. The second-order valence-electron chi connectivity index (χ2n) is 8.30. The van der Waals surface area contributed by atoms with Crippen LogP contribution in [0.3, 0.4) is 0 Å². The molecule has 158 valence electrons. The molecular weight excluding hydrogens is 395 g/mol. The van der Waals surface area contributed by atoms with E-state index in [2.05, 4.69) is 5.32 Å². The Morgan fingerprint density at radius 2 is 1.61 bits per heavy atom. The molecule has 31 heavy (non-hydrogen) atoms. The van der Waals surface area contributed by atoms with E-state index in [1.54, 1.807) is 12.1 Å². The van der Waals surface area contributed by atoms with Crippen LogP contribution in [-0.4, -0.2) is 51.2 Å². The highest BCUT2D eigenvalue weighted by atomic mass is 19.1. The van der Waals surface area contributed by atoms with Crippen LogP contribution in [0.1, 0.15) is 10.4 Å². The number of carbonyl (C=O) groups excluding carboxylic acids is 2. The van der Waals surface area contributed by atoms with Gasteiger partial charge in [-0.15, -0.1) is 0 Å². The van der Waals surface area contributed by atoms with Gasteiger partial charge in [-0.3, -0.25) is 14.5 Å². The molecule has 0 unspecified atom stereocenters. The third-order valence-corrected chi connectivity index (χ3v) is 6.23. The Labute approximate surface area is 179 Å². The number of rotatable bonds is 5. The Kier molecular flexibility index (Phi) is 5.13. The van der Waals surface area contributed by atoms with Gasteiger partial charge in [0.15, 0.2) is 13.2 Å². The van der Waals surface area contributed by atoms with Gasteiger partial charge in [0.05, 0.1) is 11.3 Å². The average molecular weight is 420 g/mol. The summed E-state index contributed by atoms with van der Waals surface area (Å²) in [5.41, 5.74) is 2.39. The first-order chi connectivity index (χ1) is 15.1. The van der Waals surface area contributed by atoms with Crippen LogP contribution in [0.15, 0.2) is 60.7 Å². The second kappa shape index (κ2) is 8.09. The lowest BCUT2D eigenvalue weighted by atomic mass is 10.1. The largest absolute Gasteiger partial charge is 0.321 e. The highest BCUT2D eigenvalue weighted by Gasteiger charge is 2.34. The maximum atomic E-state index is 13.0. The molecular formula is C24H25FN4O2+2. The first-order valence-corrected chi connectivity index (χ1v) is 10.6. The van der Waals surface area contributed by atoms with Gasteiger partial charge >= 0.3 is 0 Å². The molecule has 3 aromatic carbocycles. The summed E-state index contributed by atoms with van der Waals surface area (Å²) in [6.07, 6.45) is 0. The molecule has 7 heteroatoms. The molecule has 0 radical (unpaired) electrons. The van der Waals surface area contributed by atoms with Crippen molar-refractivity contribution in [2.45, 2.75) is 0 Å². The zero-order valence-electron chi connectivity index (χ0n) is 17.2. The molecule has 1 fully saturated rings. The number of halogens is 1. The first-order valence-electron chi connectivity index (χ1n) is 10.6. The molecule has 5 rings (SSSR count). The number of amides is 2. The van der Waals surface area contributed by atoms with E-state index in [-0.39, 0.29) is 17.6 Å². The van der Waals surface area contributed by atoms with Crippen LogP contribution in [0.25, 0.3) is 10.8 Å². The van der Waals surface area contributed by atoms with Crippen LogP contribution in [0.2, 0.25) is 0 Å². The molecule has 2 aliphatic rings. The number of nitrogens with one attached hydrogen (secondary N) is 3. The number of piperazine rings is 1. The molecule has 0 spiro atoms. The van der Waals surface area contributed by atoms with E-state index in [0.29, 0.717) is 18.9 Å². The van der Waals surface area contributed by atoms with Crippen molar-refractivity contribution < 1.29 is 23.8 Å². The molecule has 3 aromatic rings. The highest BCUT2D eigenvalue weighted by molar-refractivity contribution is 6.24. The minimum Gasteiger partial charge on any atom is -0.321 e. The smallest absolute Gasteiger partial charge is 0.279 e. The fourth-order valence-corrected chi connectivity index (χ4v) is 4.62. The molecule has 0 bridgehead atoms. The lowest BCUT2D eigenvalue weighted by Gasteiger charge is -2.31. The molecule has 0 atom stereocenters. The summed E-state index contributed by atoms with van der Waals surface area (Å²) in [6, 6.07) is 17.8. The van der Waals surface area contributed by atoms with Crippen LogP contribution < -0.4 is 20.0 Å². The lowest BCUT2D eigenvalue weighted by Crippen LogP contribution is -3.29. The van der Waals surface area contributed by atoms with Crippen molar-refractivity contribution in [3.8, 4) is 0 Å². The van der Waals surface area contributed by atoms with Crippen LogP contribution in [0.5, 0.6) is 0 Å².